The van der Waals surface area contributed by atoms with E-state index in [4.69, 9.17) is 23.2 Å². The van der Waals surface area contributed by atoms with E-state index in [1.54, 1.807) is 16.7 Å². The second-order valence-corrected chi connectivity index (χ2v) is 7.91. The van der Waals surface area contributed by atoms with Crippen LogP contribution < -0.4 is 5.32 Å². The fourth-order valence-corrected chi connectivity index (χ4v) is 4.25. The average molecular weight is 398 g/mol. The Hall–Kier alpha value is -1.49. The van der Waals surface area contributed by atoms with Gasteiger partial charge in [-0.2, -0.15) is 5.26 Å². The average Bonchev–Trinajstić information content (AvgIpc) is 2.84. The molecule has 1 saturated carbocycles. The van der Waals surface area contributed by atoms with Gasteiger partial charge in [0.25, 0.3) is 0 Å². The van der Waals surface area contributed by atoms with Crippen molar-refractivity contribution in [3.8, 4) is 6.07 Å². The van der Waals surface area contributed by atoms with Crippen LogP contribution in [0.5, 0.6) is 0 Å². The Labute approximate surface area is 159 Å². The number of aromatic nitrogens is 3. The van der Waals surface area contributed by atoms with Gasteiger partial charge in [0.2, 0.25) is 5.91 Å². The van der Waals surface area contributed by atoms with Crippen LogP contribution in [0.15, 0.2) is 17.4 Å². The molecule has 1 N–H and O–H groups in total. The molecule has 0 aromatic carbocycles. The number of halogens is 2. The van der Waals surface area contributed by atoms with Crippen molar-refractivity contribution < 1.29 is 4.79 Å². The van der Waals surface area contributed by atoms with Gasteiger partial charge in [-0.05, 0) is 18.9 Å². The standard InChI is InChI=1S/C16H17Cl2N5OS/c17-11-7-12(18)14-21-22-15(23(14)8-11)25-9-13(24)20-16(10-19)5-3-1-2-4-6-16/h7-8H,1-6,9H2,(H,20,24). The molecule has 132 valence electrons. The molecule has 0 saturated heterocycles. The summed E-state index contributed by atoms with van der Waals surface area (Å²) in [6, 6.07) is 3.91. The van der Waals surface area contributed by atoms with E-state index < -0.39 is 5.54 Å². The summed E-state index contributed by atoms with van der Waals surface area (Å²) in [5.41, 5.74) is -0.251. The maximum atomic E-state index is 12.4. The number of rotatable bonds is 4. The van der Waals surface area contributed by atoms with Crippen molar-refractivity contribution in [3.63, 3.8) is 0 Å². The molecule has 1 amide bonds. The molecule has 0 unspecified atom stereocenters. The maximum Gasteiger partial charge on any atom is 0.231 e. The van der Waals surface area contributed by atoms with Crippen LogP contribution in [-0.4, -0.2) is 31.8 Å². The molecule has 2 aromatic heterocycles. The first-order valence-electron chi connectivity index (χ1n) is 8.08. The van der Waals surface area contributed by atoms with Crippen molar-refractivity contribution >= 4 is 46.5 Å². The van der Waals surface area contributed by atoms with Crippen LogP contribution in [0.4, 0.5) is 0 Å². The number of fused-ring (bicyclic) bond motifs is 1. The zero-order chi connectivity index (χ0) is 17.9. The van der Waals surface area contributed by atoms with Gasteiger partial charge in [0.1, 0.15) is 5.54 Å². The summed E-state index contributed by atoms with van der Waals surface area (Å²) in [6.07, 6.45) is 7.23. The summed E-state index contributed by atoms with van der Waals surface area (Å²) < 4.78 is 1.66. The second kappa shape index (κ2) is 7.81. The Morgan fingerprint density at radius 1 is 1.32 bits per heavy atom. The van der Waals surface area contributed by atoms with Crippen molar-refractivity contribution in [2.75, 3.05) is 5.75 Å². The number of nitriles is 1. The quantitative estimate of drug-likeness (QED) is 0.625. The third-order valence-corrected chi connectivity index (χ3v) is 5.71. The highest BCUT2D eigenvalue weighted by atomic mass is 35.5. The summed E-state index contributed by atoms with van der Waals surface area (Å²) in [5.74, 6) is -0.0349. The molecule has 0 spiro atoms. The van der Waals surface area contributed by atoms with Crippen molar-refractivity contribution in [2.24, 2.45) is 0 Å². The lowest BCUT2D eigenvalue weighted by molar-refractivity contribution is -0.120. The zero-order valence-electron chi connectivity index (χ0n) is 13.5. The smallest absolute Gasteiger partial charge is 0.231 e. The monoisotopic (exact) mass is 397 g/mol. The van der Waals surface area contributed by atoms with Crippen molar-refractivity contribution in [1.82, 2.24) is 19.9 Å². The van der Waals surface area contributed by atoms with E-state index in [9.17, 15) is 10.1 Å². The van der Waals surface area contributed by atoms with Gasteiger partial charge >= 0.3 is 0 Å². The molecular formula is C16H17Cl2N5OS. The van der Waals surface area contributed by atoms with Crippen molar-refractivity contribution in [1.29, 1.82) is 5.26 Å². The van der Waals surface area contributed by atoms with E-state index in [0.717, 1.165) is 25.7 Å². The van der Waals surface area contributed by atoms with Gasteiger partial charge in [0, 0.05) is 6.20 Å². The van der Waals surface area contributed by atoms with E-state index in [1.165, 1.54) is 11.8 Å². The molecule has 3 rings (SSSR count). The third-order valence-electron chi connectivity index (χ3n) is 4.28. The topological polar surface area (TPSA) is 83.1 Å². The first-order chi connectivity index (χ1) is 12.0. The first-order valence-corrected chi connectivity index (χ1v) is 9.82. The highest BCUT2D eigenvalue weighted by molar-refractivity contribution is 7.99. The summed E-state index contributed by atoms with van der Waals surface area (Å²) in [5, 5.41) is 21.9. The summed E-state index contributed by atoms with van der Waals surface area (Å²) in [4.78, 5) is 12.4. The normalized spacial score (nSPS) is 17.0. The first kappa shape index (κ1) is 18.3. The summed E-state index contributed by atoms with van der Waals surface area (Å²) >= 11 is 13.3. The van der Waals surface area contributed by atoms with Crippen LogP contribution in [0.25, 0.3) is 5.65 Å². The van der Waals surface area contributed by atoms with Gasteiger partial charge in [0.05, 0.1) is 21.9 Å². The largest absolute Gasteiger partial charge is 0.337 e. The number of carbonyl (C=O) groups is 1. The van der Waals surface area contributed by atoms with Crippen LogP contribution in [0.2, 0.25) is 10.0 Å². The predicted molar refractivity (Wildman–Crippen MR) is 97.9 cm³/mol. The Morgan fingerprint density at radius 3 is 2.72 bits per heavy atom. The highest BCUT2D eigenvalue weighted by Crippen LogP contribution is 2.28. The van der Waals surface area contributed by atoms with Crippen LogP contribution in [-0.2, 0) is 4.79 Å². The molecule has 0 bridgehead atoms. The molecule has 0 atom stereocenters. The fraction of sp³-hybridized carbons (Fsp3) is 0.500. The number of carbonyl (C=O) groups excluding carboxylic acids is 1. The zero-order valence-corrected chi connectivity index (χ0v) is 15.8. The lowest BCUT2D eigenvalue weighted by atomic mass is 9.92. The van der Waals surface area contributed by atoms with E-state index >= 15 is 0 Å². The number of pyridine rings is 1. The number of amides is 1. The molecule has 1 aliphatic carbocycles. The fourth-order valence-electron chi connectivity index (χ4n) is 3.03. The van der Waals surface area contributed by atoms with Gasteiger partial charge in [-0.15, -0.1) is 10.2 Å². The molecule has 9 heteroatoms. The number of hydrogen-bond donors (Lipinski definition) is 1. The van der Waals surface area contributed by atoms with Gasteiger partial charge < -0.3 is 5.32 Å². The van der Waals surface area contributed by atoms with Gasteiger partial charge in [-0.1, -0.05) is 60.6 Å². The van der Waals surface area contributed by atoms with Gasteiger partial charge in [-0.25, -0.2) is 0 Å². The lowest BCUT2D eigenvalue weighted by Gasteiger charge is -2.26. The van der Waals surface area contributed by atoms with Crippen molar-refractivity contribution in [2.45, 2.75) is 49.2 Å². The molecule has 25 heavy (non-hydrogen) atoms. The van der Waals surface area contributed by atoms with Gasteiger partial charge in [-0.3, -0.25) is 9.20 Å². The number of thioether (sulfide) groups is 1. The Balaban J connectivity index is 1.67. The molecule has 0 aliphatic heterocycles. The SMILES string of the molecule is N#CC1(NC(=O)CSc2nnc3c(Cl)cc(Cl)cn23)CCCCCC1. The highest BCUT2D eigenvalue weighted by Gasteiger charge is 2.32. The molecular weight excluding hydrogens is 381 g/mol. The predicted octanol–water partition coefficient (Wildman–Crippen LogP) is 3.86. The van der Waals surface area contributed by atoms with Crippen LogP contribution in [0, 0.1) is 11.3 Å². The van der Waals surface area contributed by atoms with E-state index in [-0.39, 0.29) is 11.7 Å². The Bertz CT molecular complexity index is 824. The minimum atomic E-state index is -0.742. The van der Waals surface area contributed by atoms with E-state index in [1.807, 2.05) is 0 Å². The lowest BCUT2D eigenvalue weighted by Crippen LogP contribution is -2.47. The van der Waals surface area contributed by atoms with Gasteiger partial charge in [0.15, 0.2) is 10.8 Å². The molecule has 1 fully saturated rings. The number of nitrogens with one attached hydrogen (secondary N) is 1. The molecule has 6 nitrogen and oxygen atoms in total. The molecule has 2 aromatic rings. The third kappa shape index (κ3) is 4.20. The van der Waals surface area contributed by atoms with E-state index in [0.29, 0.717) is 33.7 Å². The summed E-state index contributed by atoms with van der Waals surface area (Å²) in [7, 11) is 0. The van der Waals surface area contributed by atoms with Crippen LogP contribution in [0.3, 0.4) is 0 Å². The molecule has 1 aliphatic rings. The minimum absolute atomic E-state index is 0.147. The molecule has 0 radical (unpaired) electrons. The minimum Gasteiger partial charge on any atom is -0.337 e. The maximum absolute atomic E-state index is 12.4. The summed E-state index contributed by atoms with van der Waals surface area (Å²) in [6.45, 7) is 0. The Kier molecular flexibility index (Phi) is 5.72. The van der Waals surface area contributed by atoms with Crippen molar-refractivity contribution in [3.05, 3.63) is 22.3 Å². The van der Waals surface area contributed by atoms with E-state index in [2.05, 4.69) is 21.6 Å². The Morgan fingerprint density at radius 2 is 2.04 bits per heavy atom. The second-order valence-electron chi connectivity index (χ2n) is 6.13. The number of nitrogens with zero attached hydrogens (tertiary/aromatic N) is 4. The van der Waals surface area contributed by atoms with Crippen LogP contribution in [0.1, 0.15) is 38.5 Å². The molecule has 2 heterocycles. The number of hydrogen-bond acceptors (Lipinski definition) is 5. The van der Waals surface area contributed by atoms with Crippen LogP contribution >= 0.6 is 35.0 Å².